The Balaban J connectivity index is 1.64. The lowest BCUT2D eigenvalue weighted by molar-refractivity contribution is 0.248. The van der Waals surface area contributed by atoms with E-state index < -0.39 is 0 Å². The molecule has 0 bridgehead atoms. The van der Waals surface area contributed by atoms with Crippen molar-refractivity contribution in [3.05, 3.63) is 69.9 Å². The van der Waals surface area contributed by atoms with Crippen molar-refractivity contribution >= 4 is 23.1 Å². The molecule has 2 amide bonds. The quantitative estimate of drug-likeness (QED) is 0.577. The SMILES string of the molecule is CC[C@H](NC(=O)Nc1cc(C)ccc1C)c1c(-n2cccc2)sc2c1CCN(C)C2. The van der Waals surface area contributed by atoms with Crippen LogP contribution in [0.4, 0.5) is 10.5 Å². The summed E-state index contributed by atoms with van der Waals surface area (Å²) < 4.78 is 2.19. The fourth-order valence-corrected chi connectivity index (χ4v) is 5.58. The topological polar surface area (TPSA) is 49.3 Å². The predicted octanol–water partition coefficient (Wildman–Crippen LogP) is 5.42. The number of carbonyl (C=O) groups is 1. The van der Waals surface area contributed by atoms with Gasteiger partial charge in [-0.15, -0.1) is 11.3 Å². The van der Waals surface area contributed by atoms with Gasteiger partial charge in [0, 0.05) is 41.6 Å². The summed E-state index contributed by atoms with van der Waals surface area (Å²) in [6, 6.07) is 10.0. The zero-order valence-corrected chi connectivity index (χ0v) is 19.0. The molecule has 3 aromatic rings. The molecule has 1 aliphatic heterocycles. The van der Waals surface area contributed by atoms with E-state index in [1.54, 1.807) is 0 Å². The maximum Gasteiger partial charge on any atom is 0.319 e. The molecule has 30 heavy (non-hydrogen) atoms. The van der Waals surface area contributed by atoms with Gasteiger partial charge < -0.3 is 20.1 Å². The molecule has 0 spiro atoms. The Kier molecular flexibility index (Phi) is 5.97. The van der Waals surface area contributed by atoms with Gasteiger partial charge in [-0.2, -0.15) is 0 Å². The van der Waals surface area contributed by atoms with Gasteiger partial charge in [-0.3, -0.25) is 0 Å². The number of amides is 2. The largest absolute Gasteiger partial charge is 0.331 e. The van der Waals surface area contributed by atoms with Gasteiger partial charge in [0.1, 0.15) is 5.00 Å². The van der Waals surface area contributed by atoms with E-state index in [1.807, 2.05) is 37.3 Å². The first-order valence-corrected chi connectivity index (χ1v) is 11.4. The van der Waals surface area contributed by atoms with Gasteiger partial charge in [0.25, 0.3) is 0 Å². The smallest absolute Gasteiger partial charge is 0.319 e. The van der Waals surface area contributed by atoms with E-state index in [0.29, 0.717) is 0 Å². The molecule has 0 fully saturated rings. The van der Waals surface area contributed by atoms with Crippen molar-refractivity contribution in [2.24, 2.45) is 0 Å². The van der Waals surface area contributed by atoms with Gasteiger partial charge in [0.2, 0.25) is 0 Å². The minimum absolute atomic E-state index is 0.0316. The first-order chi connectivity index (χ1) is 14.5. The summed E-state index contributed by atoms with van der Waals surface area (Å²) in [6.07, 6.45) is 6.05. The number of likely N-dealkylation sites (N-methyl/N-ethyl adjacent to an activating group) is 1. The fraction of sp³-hybridized carbons (Fsp3) is 0.375. The summed E-state index contributed by atoms with van der Waals surface area (Å²) >= 11 is 1.85. The van der Waals surface area contributed by atoms with Crippen molar-refractivity contribution in [2.45, 2.75) is 46.2 Å². The molecule has 0 unspecified atom stereocenters. The summed E-state index contributed by atoms with van der Waals surface area (Å²) in [5.74, 6) is 0. The lowest BCUT2D eigenvalue weighted by Crippen LogP contribution is -2.34. The van der Waals surface area contributed by atoms with E-state index in [4.69, 9.17) is 0 Å². The van der Waals surface area contributed by atoms with Crippen LogP contribution < -0.4 is 10.6 Å². The lowest BCUT2D eigenvalue weighted by Gasteiger charge is -2.25. The van der Waals surface area contributed by atoms with Gasteiger partial charge in [0.05, 0.1) is 6.04 Å². The van der Waals surface area contributed by atoms with Gasteiger partial charge in [-0.05, 0) is 68.6 Å². The van der Waals surface area contributed by atoms with Crippen molar-refractivity contribution in [1.82, 2.24) is 14.8 Å². The first-order valence-electron chi connectivity index (χ1n) is 10.6. The predicted molar refractivity (Wildman–Crippen MR) is 125 cm³/mol. The molecule has 5 nitrogen and oxygen atoms in total. The molecule has 0 saturated carbocycles. The molecule has 2 N–H and O–H groups in total. The Bertz CT molecular complexity index is 1040. The number of hydrogen-bond acceptors (Lipinski definition) is 3. The van der Waals surface area contributed by atoms with Gasteiger partial charge >= 0.3 is 6.03 Å². The second-order valence-corrected chi connectivity index (χ2v) is 9.26. The molecule has 3 heterocycles. The number of hydrogen-bond donors (Lipinski definition) is 2. The summed E-state index contributed by atoms with van der Waals surface area (Å²) in [6.45, 7) is 8.21. The maximum absolute atomic E-state index is 12.9. The highest BCUT2D eigenvalue weighted by molar-refractivity contribution is 7.15. The van der Waals surface area contributed by atoms with Gasteiger partial charge in [0.15, 0.2) is 0 Å². The highest BCUT2D eigenvalue weighted by Gasteiger charge is 2.28. The van der Waals surface area contributed by atoms with Crippen molar-refractivity contribution in [1.29, 1.82) is 0 Å². The number of nitrogens with one attached hydrogen (secondary N) is 2. The number of urea groups is 1. The van der Waals surface area contributed by atoms with Crippen LogP contribution in [0.15, 0.2) is 42.7 Å². The van der Waals surface area contributed by atoms with Crippen LogP contribution in [-0.4, -0.2) is 29.1 Å². The Morgan fingerprint density at radius 1 is 1.23 bits per heavy atom. The Labute approximate surface area is 182 Å². The molecular formula is C24H30N4OS. The van der Waals surface area contributed by atoms with Gasteiger partial charge in [-0.1, -0.05) is 19.1 Å². The second kappa shape index (κ2) is 8.66. The molecule has 1 aromatic carbocycles. The number of thiophene rings is 1. The Morgan fingerprint density at radius 2 is 2.00 bits per heavy atom. The van der Waals surface area contributed by atoms with E-state index in [9.17, 15) is 4.79 Å². The summed E-state index contributed by atoms with van der Waals surface area (Å²) in [7, 11) is 2.17. The number of anilines is 1. The lowest BCUT2D eigenvalue weighted by atomic mass is 9.96. The van der Waals surface area contributed by atoms with Gasteiger partial charge in [-0.25, -0.2) is 4.79 Å². The van der Waals surface area contributed by atoms with E-state index in [-0.39, 0.29) is 12.1 Å². The summed E-state index contributed by atoms with van der Waals surface area (Å²) in [5.41, 5.74) is 5.75. The fourth-order valence-electron chi connectivity index (χ4n) is 4.13. The molecule has 158 valence electrons. The zero-order valence-electron chi connectivity index (χ0n) is 18.2. The van der Waals surface area contributed by atoms with Crippen LogP contribution in [-0.2, 0) is 13.0 Å². The number of carbonyl (C=O) groups excluding carboxylic acids is 1. The number of rotatable bonds is 5. The van der Waals surface area contributed by atoms with Crippen molar-refractivity contribution in [2.75, 3.05) is 18.9 Å². The monoisotopic (exact) mass is 422 g/mol. The molecule has 2 aromatic heterocycles. The van der Waals surface area contributed by atoms with E-state index in [2.05, 4.69) is 64.7 Å². The minimum Gasteiger partial charge on any atom is -0.331 e. The van der Waals surface area contributed by atoms with Crippen LogP contribution in [0.25, 0.3) is 5.00 Å². The normalized spacial score (nSPS) is 14.9. The number of aromatic nitrogens is 1. The molecule has 0 aliphatic carbocycles. The summed E-state index contributed by atoms with van der Waals surface area (Å²) in [5, 5.41) is 7.54. The number of fused-ring (bicyclic) bond motifs is 1. The second-order valence-electron chi connectivity index (χ2n) is 8.18. The molecule has 1 aliphatic rings. The van der Waals surface area contributed by atoms with Crippen LogP contribution >= 0.6 is 11.3 Å². The maximum atomic E-state index is 12.9. The zero-order chi connectivity index (χ0) is 21.3. The third kappa shape index (κ3) is 4.16. The number of benzene rings is 1. The first kappa shape index (κ1) is 20.7. The highest BCUT2D eigenvalue weighted by atomic mass is 32.1. The molecule has 0 saturated heterocycles. The van der Waals surface area contributed by atoms with Crippen LogP contribution in [0.5, 0.6) is 0 Å². The molecule has 6 heteroatoms. The Morgan fingerprint density at radius 3 is 2.73 bits per heavy atom. The number of nitrogens with zero attached hydrogens (tertiary/aromatic N) is 2. The van der Waals surface area contributed by atoms with Crippen LogP contribution in [0.1, 0.15) is 46.5 Å². The third-order valence-electron chi connectivity index (χ3n) is 5.81. The minimum atomic E-state index is -0.151. The number of aryl methyl sites for hydroxylation is 2. The molecule has 4 rings (SSSR count). The molecule has 0 radical (unpaired) electrons. The average Bonchev–Trinajstić information content (AvgIpc) is 3.36. The molecular weight excluding hydrogens is 392 g/mol. The van der Waals surface area contributed by atoms with Crippen molar-refractivity contribution in [3.63, 3.8) is 0 Å². The van der Waals surface area contributed by atoms with E-state index >= 15 is 0 Å². The van der Waals surface area contributed by atoms with Crippen LogP contribution in [0, 0.1) is 13.8 Å². The standard InChI is InChI=1S/C24H30N4OS/c1-5-19(25-24(29)26-20-14-16(2)8-9-17(20)3)22-18-10-13-27(4)15-21(18)30-23(22)28-11-6-7-12-28/h6-9,11-12,14,19H,5,10,13,15H2,1-4H3,(H2,25,26,29)/t19-/m0/s1. The van der Waals surface area contributed by atoms with Crippen LogP contribution in [0.2, 0.25) is 0 Å². The average molecular weight is 423 g/mol. The molecule has 1 atom stereocenters. The Hall–Kier alpha value is -2.57. The highest BCUT2D eigenvalue weighted by Crippen LogP contribution is 2.40. The summed E-state index contributed by atoms with van der Waals surface area (Å²) in [4.78, 5) is 16.7. The van der Waals surface area contributed by atoms with Crippen LogP contribution in [0.3, 0.4) is 0 Å². The van der Waals surface area contributed by atoms with E-state index in [0.717, 1.165) is 42.7 Å². The van der Waals surface area contributed by atoms with Crippen molar-refractivity contribution in [3.8, 4) is 5.00 Å². The van der Waals surface area contributed by atoms with E-state index in [1.165, 1.54) is 21.0 Å². The third-order valence-corrected chi connectivity index (χ3v) is 7.06. The van der Waals surface area contributed by atoms with Crippen molar-refractivity contribution < 1.29 is 4.79 Å².